The Labute approximate surface area is 114 Å². The van der Waals surface area contributed by atoms with Crippen LogP contribution in [0.4, 0.5) is 5.82 Å². The molecule has 0 fully saturated rings. The number of aromatic nitrogens is 1. The van der Waals surface area contributed by atoms with Gasteiger partial charge in [-0.1, -0.05) is 18.2 Å². The molecule has 3 rings (SSSR count). The SMILES string of the molecule is CNCC(C)(C)N1CCc2cc3ccccc3nc21. The fourth-order valence-electron chi connectivity index (χ4n) is 3.02. The summed E-state index contributed by atoms with van der Waals surface area (Å²) in [5.41, 5.74) is 2.56. The molecule has 1 aromatic heterocycles. The van der Waals surface area contributed by atoms with Gasteiger partial charge in [0, 0.05) is 24.0 Å². The van der Waals surface area contributed by atoms with E-state index in [1.807, 2.05) is 7.05 Å². The lowest BCUT2D eigenvalue weighted by Gasteiger charge is -2.37. The number of pyridine rings is 1. The minimum Gasteiger partial charge on any atom is -0.350 e. The Hall–Kier alpha value is -1.61. The van der Waals surface area contributed by atoms with Gasteiger partial charge in [0.15, 0.2) is 0 Å². The van der Waals surface area contributed by atoms with Crippen LogP contribution in [0.25, 0.3) is 10.9 Å². The lowest BCUT2D eigenvalue weighted by atomic mass is 10.0. The second-order valence-corrected chi connectivity index (χ2v) is 5.91. The van der Waals surface area contributed by atoms with Gasteiger partial charge in [-0.25, -0.2) is 4.98 Å². The number of hydrogen-bond donors (Lipinski definition) is 1. The Morgan fingerprint density at radius 3 is 2.89 bits per heavy atom. The highest BCUT2D eigenvalue weighted by atomic mass is 15.3. The molecule has 19 heavy (non-hydrogen) atoms. The van der Waals surface area contributed by atoms with Crippen molar-refractivity contribution >= 4 is 16.7 Å². The molecule has 2 aromatic rings. The van der Waals surface area contributed by atoms with Crippen molar-refractivity contribution in [2.45, 2.75) is 25.8 Å². The lowest BCUT2D eigenvalue weighted by molar-refractivity contribution is 0.447. The summed E-state index contributed by atoms with van der Waals surface area (Å²) in [5, 5.41) is 4.53. The van der Waals surface area contributed by atoms with Crippen LogP contribution in [-0.2, 0) is 6.42 Å². The number of nitrogens with one attached hydrogen (secondary N) is 1. The topological polar surface area (TPSA) is 28.2 Å². The van der Waals surface area contributed by atoms with E-state index in [1.165, 1.54) is 16.8 Å². The molecule has 0 aliphatic carbocycles. The number of anilines is 1. The largest absolute Gasteiger partial charge is 0.350 e. The third-order valence-corrected chi connectivity index (χ3v) is 3.98. The third kappa shape index (κ3) is 2.08. The summed E-state index contributed by atoms with van der Waals surface area (Å²) in [4.78, 5) is 7.32. The molecule has 0 bridgehead atoms. The van der Waals surface area contributed by atoms with E-state index in [-0.39, 0.29) is 5.54 Å². The first-order valence-electron chi connectivity index (χ1n) is 6.93. The molecular weight excluding hydrogens is 234 g/mol. The van der Waals surface area contributed by atoms with Gasteiger partial charge in [0.05, 0.1) is 5.52 Å². The van der Waals surface area contributed by atoms with Crippen LogP contribution in [0.2, 0.25) is 0 Å². The Bertz CT molecular complexity index is 604. The molecule has 3 heteroatoms. The normalized spacial score (nSPS) is 15.0. The van der Waals surface area contributed by atoms with E-state index in [2.05, 4.69) is 54.4 Å². The van der Waals surface area contributed by atoms with Gasteiger partial charge in [-0.3, -0.25) is 0 Å². The first-order valence-corrected chi connectivity index (χ1v) is 6.93. The monoisotopic (exact) mass is 255 g/mol. The quantitative estimate of drug-likeness (QED) is 0.913. The van der Waals surface area contributed by atoms with Crippen LogP contribution in [0.1, 0.15) is 19.4 Å². The van der Waals surface area contributed by atoms with Crippen molar-refractivity contribution < 1.29 is 0 Å². The fourth-order valence-corrected chi connectivity index (χ4v) is 3.02. The molecule has 1 aliphatic rings. The van der Waals surface area contributed by atoms with Crippen molar-refractivity contribution in [1.29, 1.82) is 0 Å². The highest BCUT2D eigenvalue weighted by molar-refractivity contribution is 5.82. The van der Waals surface area contributed by atoms with Crippen molar-refractivity contribution in [3.05, 3.63) is 35.9 Å². The van der Waals surface area contributed by atoms with Gasteiger partial charge >= 0.3 is 0 Å². The van der Waals surface area contributed by atoms with Crippen LogP contribution in [-0.4, -0.2) is 30.7 Å². The van der Waals surface area contributed by atoms with Crippen molar-refractivity contribution in [3.63, 3.8) is 0 Å². The number of nitrogens with zero attached hydrogens (tertiary/aromatic N) is 2. The summed E-state index contributed by atoms with van der Waals surface area (Å²) >= 11 is 0. The first-order chi connectivity index (χ1) is 9.12. The van der Waals surface area contributed by atoms with Crippen LogP contribution >= 0.6 is 0 Å². The standard InChI is InChI=1S/C16H21N3/c1-16(2,11-17-3)19-9-8-13-10-12-6-4-5-7-14(12)18-15(13)19/h4-7,10,17H,8-9,11H2,1-3H3. The van der Waals surface area contributed by atoms with Crippen LogP contribution in [0.15, 0.2) is 30.3 Å². The number of benzene rings is 1. The highest BCUT2D eigenvalue weighted by Crippen LogP contribution is 2.33. The van der Waals surface area contributed by atoms with E-state index < -0.39 is 0 Å². The van der Waals surface area contributed by atoms with Gasteiger partial charge in [-0.2, -0.15) is 0 Å². The second kappa shape index (κ2) is 4.49. The van der Waals surface area contributed by atoms with Crippen molar-refractivity contribution in [1.82, 2.24) is 10.3 Å². The summed E-state index contributed by atoms with van der Waals surface area (Å²) in [6.45, 7) is 6.57. The number of likely N-dealkylation sites (N-methyl/N-ethyl adjacent to an activating group) is 1. The van der Waals surface area contributed by atoms with Crippen molar-refractivity contribution in [2.75, 3.05) is 25.0 Å². The number of hydrogen-bond acceptors (Lipinski definition) is 3. The number of fused-ring (bicyclic) bond motifs is 2. The van der Waals surface area contributed by atoms with Gasteiger partial charge in [-0.15, -0.1) is 0 Å². The molecule has 0 radical (unpaired) electrons. The fraction of sp³-hybridized carbons (Fsp3) is 0.438. The Morgan fingerprint density at radius 1 is 1.32 bits per heavy atom. The molecule has 0 unspecified atom stereocenters. The zero-order valence-corrected chi connectivity index (χ0v) is 11.9. The molecule has 1 aliphatic heterocycles. The molecule has 1 aromatic carbocycles. The average Bonchev–Trinajstić information content (AvgIpc) is 2.79. The molecule has 3 nitrogen and oxygen atoms in total. The van der Waals surface area contributed by atoms with Crippen LogP contribution in [0, 0.1) is 0 Å². The van der Waals surface area contributed by atoms with E-state index in [1.54, 1.807) is 0 Å². The molecule has 0 saturated heterocycles. The van der Waals surface area contributed by atoms with Gasteiger partial charge < -0.3 is 10.2 Å². The molecule has 100 valence electrons. The van der Waals surface area contributed by atoms with Crippen LogP contribution in [0.5, 0.6) is 0 Å². The van der Waals surface area contributed by atoms with Gasteiger partial charge in [0.25, 0.3) is 0 Å². The Kier molecular flexibility index (Phi) is 2.94. The summed E-state index contributed by atoms with van der Waals surface area (Å²) in [7, 11) is 2.01. The summed E-state index contributed by atoms with van der Waals surface area (Å²) in [5.74, 6) is 1.17. The summed E-state index contributed by atoms with van der Waals surface area (Å²) in [6, 6.07) is 10.7. The lowest BCUT2D eigenvalue weighted by Crippen LogP contribution is -2.49. The zero-order chi connectivity index (χ0) is 13.5. The van der Waals surface area contributed by atoms with E-state index >= 15 is 0 Å². The van der Waals surface area contributed by atoms with Gasteiger partial charge in [0.2, 0.25) is 0 Å². The number of para-hydroxylation sites is 1. The zero-order valence-electron chi connectivity index (χ0n) is 11.9. The van der Waals surface area contributed by atoms with Crippen molar-refractivity contribution in [2.24, 2.45) is 0 Å². The molecule has 1 N–H and O–H groups in total. The average molecular weight is 255 g/mol. The molecule has 0 saturated carbocycles. The van der Waals surface area contributed by atoms with Crippen molar-refractivity contribution in [3.8, 4) is 0 Å². The summed E-state index contributed by atoms with van der Waals surface area (Å²) < 4.78 is 0. The maximum atomic E-state index is 4.88. The van der Waals surface area contributed by atoms with E-state index in [9.17, 15) is 0 Å². The third-order valence-electron chi connectivity index (χ3n) is 3.98. The minimum atomic E-state index is 0.0927. The van der Waals surface area contributed by atoms with Crippen LogP contribution < -0.4 is 10.2 Å². The minimum absolute atomic E-state index is 0.0927. The Morgan fingerprint density at radius 2 is 2.11 bits per heavy atom. The van der Waals surface area contributed by atoms with Crippen LogP contribution in [0.3, 0.4) is 0 Å². The maximum Gasteiger partial charge on any atom is 0.133 e. The molecular formula is C16H21N3. The van der Waals surface area contributed by atoms with Gasteiger partial charge in [-0.05, 0) is 45.0 Å². The van der Waals surface area contributed by atoms with E-state index in [4.69, 9.17) is 4.98 Å². The first kappa shape index (κ1) is 12.4. The second-order valence-electron chi connectivity index (χ2n) is 5.91. The maximum absolute atomic E-state index is 4.88. The predicted octanol–water partition coefficient (Wildman–Crippen LogP) is 2.60. The van der Waals surface area contributed by atoms with E-state index in [0.29, 0.717) is 0 Å². The Balaban J connectivity index is 2.07. The number of rotatable bonds is 3. The molecule has 0 amide bonds. The van der Waals surface area contributed by atoms with Gasteiger partial charge in [0.1, 0.15) is 5.82 Å². The molecule has 0 spiro atoms. The van der Waals surface area contributed by atoms with E-state index in [0.717, 1.165) is 25.0 Å². The smallest absolute Gasteiger partial charge is 0.133 e. The highest BCUT2D eigenvalue weighted by Gasteiger charge is 2.32. The summed E-state index contributed by atoms with van der Waals surface area (Å²) in [6.07, 6.45) is 1.10. The molecule has 2 heterocycles. The molecule has 0 atom stereocenters. The predicted molar refractivity (Wildman–Crippen MR) is 80.8 cm³/mol.